The maximum Gasteiger partial charge on any atom is 0.318 e. The molecule has 1 aromatic heterocycles. The summed E-state index contributed by atoms with van der Waals surface area (Å²) in [6.07, 6.45) is 2.17. The normalized spacial score (nSPS) is 14.6. The Bertz CT molecular complexity index is 442. The number of anilines is 1. The molecule has 20 heavy (non-hydrogen) atoms. The van der Waals surface area contributed by atoms with Crippen LogP contribution in [0.2, 0.25) is 0 Å². The van der Waals surface area contributed by atoms with Crippen molar-refractivity contribution in [3.05, 3.63) is 5.89 Å². The number of carbonyl (C=O) groups is 1. The fourth-order valence-electron chi connectivity index (χ4n) is 1.72. The fraction of sp³-hybridized carbons (Fsp3) is 0.769. The lowest BCUT2D eigenvalue weighted by atomic mass is 10.2. The minimum absolute atomic E-state index is 0.00678. The van der Waals surface area contributed by atoms with E-state index in [2.05, 4.69) is 34.7 Å². The molecule has 0 spiro atoms. The zero-order chi connectivity index (χ0) is 14.5. The first-order chi connectivity index (χ1) is 9.54. The average Bonchev–Trinajstić information content (AvgIpc) is 3.04. The maximum absolute atomic E-state index is 11.7. The van der Waals surface area contributed by atoms with Gasteiger partial charge in [-0.3, -0.25) is 4.79 Å². The molecule has 0 aromatic carbocycles. The molecule has 1 heterocycles. The van der Waals surface area contributed by atoms with Gasteiger partial charge in [0.2, 0.25) is 11.8 Å². The quantitative estimate of drug-likeness (QED) is 0.723. The molecule has 112 valence electrons. The Balaban J connectivity index is 1.76. The number of nitrogens with one attached hydrogen (secondary N) is 2. The third-order valence-corrected chi connectivity index (χ3v) is 2.93. The van der Waals surface area contributed by atoms with Gasteiger partial charge in [0.15, 0.2) is 0 Å². The first kappa shape index (κ1) is 14.8. The van der Waals surface area contributed by atoms with E-state index >= 15 is 0 Å². The first-order valence-electron chi connectivity index (χ1n) is 7.08. The van der Waals surface area contributed by atoms with Crippen LogP contribution in [0.5, 0.6) is 0 Å². The number of hydrogen-bond donors (Lipinski definition) is 2. The van der Waals surface area contributed by atoms with Gasteiger partial charge in [-0.15, -0.1) is 5.10 Å². The molecule has 1 aliphatic carbocycles. The summed E-state index contributed by atoms with van der Waals surface area (Å²) in [5.41, 5.74) is 0. The van der Waals surface area contributed by atoms with E-state index in [-0.39, 0.29) is 12.5 Å². The number of carbonyl (C=O) groups excluding carboxylic acids is 1. The summed E-state index contributed by atoms with van der Waals surface area (Å²) in [6, 6.07) is 0.742. The highest BCUT2D eigenvalue weighted by Crippen LogP contribution is 2.18. The molecular weight excluding hydrogens is 258 g/mol. The van der Waals surface area contributed by atoms with Crippen LogP contribution in [0.15, 0.2) is 4.42 Å². The number of amides is 1. The number of aromatic nitrogens is 2. The van der Waals surface area contributed by atoms with Crippen LogP contribution >= 0.6 is 0 Å². The van der Waals surface area contributed by atoms with Crippen LogP contribution in [0, 0.1) is 5.92 Å². The van der Waals surface area contributed by atoms with Crippen molar-refractivity contribution in [3.63, 3.8) is 0 Å². The van der Waals surface area contributed by atoms with Gasteiger partial charge in [0, 0.05) is 13.1 Å². The highest BCUT2D eigenvalue weighted by atomic mass is 16.4. The Labute approximate surface area is 119 Å². The number of hydrogen-bond acceptors (Lipinski definition) is 6. The summed E-state index contributed by atoms with van der Waals surface area (Å²) in [7, 11) is 1.77. The Morgan fingerprint density at radius 2 is 2.20 bits per heavy atom. The van der Waals surface area contributed by atoms with Crippen molar-refractivity contribution in [1.82, 2.24) is 20.8 Å². The zero-order valence-electron chi connectivity index (χ0n) is 12.3. The van der Waals surface area contributed by atoms with Gasteiger partial charge in [-0.05, 0) is 25.3 Å². The van der Waals surface area contributed by atoms with Gasteiger partial charge in [-0.1, -0.05) is 18.9 Å². The van der Waals surface area contributed by atoms with Crippen LogP contribution in [0.4, 0.5) is 6.01 Å². The standard InChI is InChI=1S/C13H23N5O2/c1-9(2)6-14-7-12-16-17-13(20-12)18(3)8-11(19)15-10-4-5-10/h9-10,14H,4-8H2,1-3H3,(H,15,19). The van der Waals surface area contributed by atoms with Crippen molar-refractivity contribution in [2.24, 2.45) is 5.92 Å². The molecule has 0 atom stereocenters. The summed E-state index contributed by atoms with van der Waals surface area (Å²) in [4.78, 5) is 13.3. The average molecular weight is 281 g/mol. The molecule has 1 aliphatic rings. The second kappa shape index (κ2) is 6.69. The fourth-order valence-corrected chi connectivity index (χ4v) is 1.72. The van der Waals surface area contributed by atoms with Gasteiger partial charge in [0.25, 0.3) is 0 Å². The molecule has 1 amide bonds. The smallest absolute Gasteiger partial charge is 0.318 e. The predicted octanol–water partition coefficient (Wildman–Crippen LogP) is 0.530. The van der Waals surface area contributed by atoms with E-state index in [0.29, 0.717) is 30.4 Å². The highest BCUT2D eigenvalue weighted by molar-refractivity contribution is 5.81. The molecular formula is C13H23N5O2. The number of likely N-dealkylation sites (N-methyl/N-ethyl adjacent to an activating group) is 1. The van der Waals surface area contributed by atoms with Gasteiger partial charge in [0.1, 0.15) is 6.54 Å². The summed E-state index contributed by atoms with van der Waals surface area (Å²) >= 11 is 0. The maximum atomic E-state index is 11.7. The predicted molar refractivity (Wildman–Crippen MR) is 75.3 cm³/mol. The molecule has 0 radical (unpaired) electrons. The van der Waals surface area contributed by atoms with E-state index in [1.807, 2.05) is 0 Å². The van der Waals surface area contributed by atoms with E-state index in [4.69, 9.17) is 4.42 Å². The second-order valence-electron chi connectivity index (χ2n) is 5.70. The van der Waals surface area contributed by atoms with E-state index in [1.165, 1.54) is 0 Å². The van der Waals surface area contributed by atoms with E-state index in [9.17, 15) is 4.79 Å². The van der Waals surface area contributed by atoms with Crippen molar-refractivity contribution in [1.29, 1.82) is 0 Å². The summed E-state index contributed by atoms with van der Waals surface area (Å²) in [5.74, 6) is 1.11. The molecule has 1 fully saturated rings. The third-order valence-electron chi connectivity index (χ3n) is 2.93. The van der Waals surface area contributed by atoms with Gasteiger partial charge < -0.3 is 20.0 Å². The number of nitrogens with zero attached hydrogens (tertiary/aromatic N) is 3. The lowest BCUT2D eigenvalue weighted by Gasteiger charge is -2.13. The monoisotopic (exact) mass is 281 g/mol. The van der Waals surface area contributed by atoms with Crippen LogP contribution in [0.25, 0.3) is 0 Å². The number of rotatable bonds is 8. The molecule has 7 nitrogen and oxygen atoms in total. The lowest BCUT2D eigenvalue weighted by molar-refractivity contribution is -0.119. The lowest BCUT2D eigenvalue weighted by Crippen LogP contribution is -2.36. The van der Waals surface area contributed by atoms with Gasteiger partial charge in [-0.25, -0.2) is 0 Å². The highest BCUT2D eigenvalue weighted by Gasteiger charge is 2.24. The Hall–Kier alpha value is -1.63. The molecule has 2 rings (SSSR count). The first-order valence-corrected chi connectivity index (χ1v) is 7.08. The van der Waals surface area contributed by atoms with Crippen molar-refractivity contribution in [3.8, 4) is 0 Å². The van der Waals surface area contributed by atoms with Crippen LogP contribution in [0.1, 0.15) is 32.6 Å². The van der Waals surface area contributed by atoms with E-state index < -0.39 is 0 Å². The summed E-state index contributed by atoms with van der Waals surface area (Å²) in [5, 5.41) is 14.1. The molecule has 0 saturated heterocycles. The SMILES string of the molecule is CC(C)CNCc1nnc(N(C)CC(=O)NC2CC2)o1. The topological polar surface area (TPSA) is 83.3 Å². The third kappa shape index (κ3) is 4.80. The molecule has 1 aromatic rings. The van der Waals surface area contributed by atoms with Crippen molar-refractivity contribution in [2.45, 2.75) is 39.3 Å². The molecule has 2 N–H and O–H groups in total. The zero-order valence-corrected chi connectivity index (χ0v) is 12.3. The van der Waals surface area contributed by atoms with Gasteiger partial charge >= 0.3 is 6.01 Å². The van der Waals surface area contributed by atoms with Crippen LogP contribution in [0.3, 0.4) is 0 Å². The molecule has 7 heteroatoms. The van der Waals surface area contributed by atoms with Gasteiger partial charge in [-0.2, -0.15) is 0 Å². The van der Waals surface area contributed by atoms with Crippen molar-refractivity contribution >= 4 is 11.9 Å². The summed E-state index contributed by atoms with van der Waals surface area (Å²) in [6.45, 7) is 5.96. The second-order valence-corrected chi connectivity index (χ2v) is 5.70. The largest absolute Gasteiger partial charge is 0.407 e. The minimum atomic E-state index is -0.00678. The molecule has 1 saturated carbocycles. The minimum Gasteiger partial charge on any atom is -0.407 e. The molecule has 0 aliphatic heterocycles. The summed E-state index contributed by atoms with van der Waals surface area (Å²) < 4.78 is 5.51. The molecule has 0 bridgehead atoms. The van der Waals surface area contributed by atoms with Gasteiger partial charge in [0.05, 0.1) is 6.54 Å². The van der Waals surface area contributed by atoms with Crippen LogP contribution in [-0.2, 0) is 11.3 Å². The van der Waals surface area contributed by atoms with Crippen molar-refractivity contribution < 1.29 is 9.21 Å². The van der Waals surface area contributed by atoms with E-state index in [0.717, 1.165) is 19.4 Å². The van der Waals surface area contributed by atoms with E-state index in [1.54, 1.807) is 11.9 Å². The van der Waals surface area contributed by atoms with Crippen molar-refractivity contribution in [2.75, 3.05) is 25.0 Å². The van der Waals surface area contributed by atoms with Crippen LogP contribution in [-0.4, -0.2) is 42.3 Å². The Kier molecular flexibility index (Phi) is 4.94. The molecule has 0 unspecified atom stereocenters. The Morgan fingerprint density at radius 1 is 1.45 bits per heavy atom. The van der Waals surface area contributed by atoms with Crippen LogP contribution < -0.4 is 15.5 Å². The Morgan fingerprint density at radius 3 is 2.85 bits per heavy atom.